The van der Waals surface area contributed by atoms with Crippen molar-refractivity contribution in [1.82, 2.24) is 15.3 Å². The highest BCUT2D eigenvalue weighted by Crippen LogP contribution is 2.60. The average Bonchev–Trinajstić information content (AvgIpc) is 2.85. The van der Waals surface area contributed by atoms with Gasteiger partial charge in [-0.1, -0.05) is 18.2 Å². The van der Waals surface area contributed by atoms with Crippen LogP contribution in [0.3, 0.4) is 0 Å². The second-order valence-electron chi connectivity index (χ2n) is 10.6. The van der Waals surface area contributed by atoms with Crippen molar-refractivity contribution in [3.8, 4) is 11.8 Å². The van der Waals surface area contributed by atoms with Crippen LogP contribution in [0.2, 0.25) is 0 Å². The van der Waals surface area contributed by atoms with Crippen molar-refractivity contribution in [3.63, 3.8) is 0 Å². The number of nitriles is 1. The van der Waals surface area contributed by atoms with Gasteiger partial charge in [0, 0.05) is 37.1 Å². The largest absolute Gasteiger partial charge is 0.573 e. The van der Waals surface area contributed by atoms with Gasteiger partial charge in [0.1, 0.15) is 23.2 Å². The second kappa shape index (κ2) is 10.5. The van der Waals surface area contributed by atoms with Crippen LogP contribution in [0.5, 0.6) is 5.75 Å². The topological polar surface area (TPSA) is 94.9 Å². The Hall–Kier alpha value is -2.77. The van der Waals surface area contributed by atoms with Gasteiger partial charge in [-0.05, 0) is 61.3 Å². The molecule has 4 saturated carbocycles. The van der Waals surface area contributed by atoms with Gasteiger partial charge in [-0.2, -0.15) is 10.2 Å². The molecule has 4 fully saturated rings. The number of benzene rings is 1. The molecule has 0 amide bonds. The molecule has 0 saturated heterocycles. The molecule has 7 nitrogen and oxygen atoms in total. The molecule has 4 aliphatic rings. The van der Waals surface area contributed by atoms with E-state index in [0.717, 1.165) is 31.8 Å². The third-order valence-corrected chi connectivity index (χ3v) is 8.24. The second-order valence-corrected chi connectivity index (χ2v) is 10.9. The van der Waals surface area contributed by atoms with Crippen LogP contribution in [-0.4, -0.2) is 41.3 Å². The molecule has 11 heteroatoms. The maximum atomic E-state index is 12.7. The van der Waals surface area contributed by atoms with Crippen LogP contribution in [-0.2, 0) is 6.54 Å². The summed E-state index contributed by atoms with van der Waals surface area (Å²) in [6.45, 7) is 1.60. The average molecular weight is 535 g/mol. The van der Waals surface area contributed by atoms with Crippen LogP contribution in [0.4, 0.5) is 24.9 Å². The number of nitrogens with zero attached hydrogens (tertiary/aromatic N) is 3. The Morgan fingerprint density at radius 3 is 2.59 bits per heavy atom. The molecule has 1 aromatic carbocycles. The van der Waals surface area contributed by atoms with Gasteiger partial charge in [-0.25, -0.2) is 4.98 Å². The van der Waals surface area contributed by atoms with E-state index >= 15 is 0 Å². The minimum atomic E-state index is -4.78. The Bertz CT molecular complexity index is 1140. The maximum absolute atomic E-state index is 12.7. The lowest BCUT2D eigenvalue weighted by Gasteiger charge is -2.60. The van der Waals surface area contributed by atoms with Crippen LogP contribution < -0.4 is 20.7 Å². The Balaban J connectivity index is 1.25. The molecule has 37 heavy (non-hydrogen) atoms. The van der Waals surface area contributed by atoms with E-state index in [9.17, 15) is 18.4 Å². The van der Waals surface area contributed by atoms with E-state index in [1.165, 1.54) is 37.6 Å². The van der Waals surface area contributed by atoms with Gasteiger partial charge in [-0.3, -0.25) is 0 Å². The molecule has 0 spiro atoms. The number of aromatic nitrogens is 2. The molecule has 2 atom stereocenters. The Kier molecular flexibility index (Phi) is 7.37. The van der Waals surface area contributed by atoms with Crippen LogP contribution in [0.25, 0.3) is 0 Å². The van der Waals surface area contributed by atoms with E-state index in [4.69, 9.17) is 11.6 Å². The van der Waals surface area contributed by atoms with E-state index in [2.05, 4.69) is 36.7 Å². The number of rotatable bonds is 10. The molecular weight excluding hydrogens is 505 g/mol. The van der Waals surface area contributed by atoms with Crippen molar-refractivity contribution in [1.29, 1.82) is 5.26 Å². The van der Waals surface area contributed by atoms with Crippen molar-refractivity contribution in [2.45, 2.75) is 51.1 Å². The minimum absolute atomic E-state index is 0.0310. The van der Waals surface area contributed by atoms with Crippen molar-refractivity contribution in [3.05, 3.63) is 41.6 Å². The van der Waals surface area contributed by atoms with E-state index in [0.29, 0.717) is 40.7 Å². The number of anilines is 2. The fourth-order valence-electron chi connectivity index (χ4n) is 6.97. The maximum Gasteiger partial charge on any atom is 0.573 e. The third-order valence-electron chi connectivity index (χ3n) is 8.05. The first-order chi connectivity index (χ1) is 17.8. The molecule has 0 aliphatic heterocycles. The smallest absolute Gasteiger partial charge is 0.405 e. The van der Waals surface area contributed by atoms with E-state index in [1.807, 2.05) is 0 Å². The molecule has 198 valence electrons. The Morgan fingerprint density at radius 2 is 1.89 bits per heavy atom. The third kappa shape index (κ3) is 5.88. The lowest BCUT2D eigenvalue weighted by molar-refractivity contribution is -0.274. The summed E-state index contributed by atoms with van der Waals surface area (Å²) in [5.41, 5.74) is 0.820. The van der Waals surface area contributed by atoms with Crippen molar-refractivity contribution in [2.24, 2.45) is 23.2 Å². The predicted molar refractivity (Wildman–Crippen MR) is 134 cm³/mol. The molecule has 2 unspecified atom stereocenters. The zero-order valence-corrected chi connectivity index (χ0v) is 21.1. The number of hydrogen-bond acceptors (Lipinski definition) is 7. The van der Waals surface area contributed by atoms with E-state index in [-0.39, 0.29) is 23.7 Å². The lowest BCUT2D eigenvalue weighted by Crippen LogP contribution is -2.59. The fourth-order valence-corrected chi connectivity index (χ4v) is 7.08. The molecule has 0 radical (unpaired) electrons. The number of nitrogens with one attached hydrogen (secondary N) is 3. The molecule has 6 rings (SSSR count). The highest BCUT2D eigenvalue weighted by atomic mass is 35.5. The quantitative estimate of drug-likeness (QED) is 0.356. The van der Waals surface area contributed by atoms with Gasteiger partial charge in [-0.15, -0.1) is 24.8 Å². The highest BCUT2D eigenvalue weighted by molar-refractivity contribution is 6.18. The number of halogens is 4. The predicted octanol–water partition coefficient (Wildman–Crippen LogP) is 5.29. The summed E-state index contributed by atoms with van der Waals surface area (Å²) in [6, 6.07) is 8.59. The first-order valence-corrected chi connectivity index (χ1v) is 13.2. The van der Waals surface area contributed by atoms with Gasteiger partial charge >= 0.3 is 6.36 Å². The summed E-state index contributed by atoms with van der Waals surface area (Å²) in [5, 5.41) is 19.7. The SMILES string of the molecule is N#Cc1cnc(NCc2ccccc2OC(F)(F)F)nc1NCC12CC3CC(C1)C(NCCCl)C(C3)C2. The van der Waals surface area contributed by atoms with Gasteiger partial charge in [0.15, 0.2) is 0 Å². The number of hydrogen-bond donors (Lipinski definition) is 3. The normalized spacial score (nSPS) is 28.1. The van der Waals surface area contributed by atoms with Crippen molar-refractivity contribution >= 4 is 23.4 Å². The standard InChI is InChI=1S/C26H30ClF3N6O/c27-5-6-32-22-18-7-16-8-19(22)11-25(9-16,10-18)15-35-23-20(12-31)14-34-24(36-23)33-13-17-3-1-2-4-21(17)37-26(28,29)30/h1-4,14,16,18-19,22,32H,5-11,13,15H2,(H2,33,34,35,36). The molecule has 1 heterocycles. The van der Waals surface area contributed by atoms with Gasteiger partial charge < -0.3 is 20.7 Å². The summed E-state index contributed by atoms with van der Waals surface area (Å²) in [7, 11) is 0. The van der Waals surface area contributed by atoms with Crippen LogP contribution in [0.15, 0.2) is 30.5 Å². The van der Waals surface area contributed by atoms with Gasteiger partial charge in [0.2, 0.25) is 5.95 Å². The fraction of sp³-hybridized carbons (Fsp3) is 0.577. The van der Waals surface area contributed by atoms with Gasteiger partial charge in [0.25, 0.3) is 0 Å². The lowest BCUT2D eigenvalue weighted by atomic mass is 9.48. The highest BCUT2D eigenvalue weighted by Gasteiger charge is 2.54. The summed E-state index contributed by atoms with van der Waals surface area (Å²) in [6.07, 6.45) is 2.65. The van der Waals surface area contributed by atoms with Crippen molar-refractivity contribution in [2.75, 3.05) is 29.6 Å². The first kappa shape index (κ1) is 25.9. The van der Waals surface area contributed by atoms with E-state index in [1.54, 1.807) is 12.1 Å². The number of ether oxygens (including phenoxy) is 1. The molecule has 2 aromatic rings. The molecule has 1 aromatic heterocycles. The van der Waals surface area contributed by atoms with Gasteiger partial charge in [0.05, 0.1) is 6.20 Å². The minimum Gasteiger partial charge on any atom is -0.405 e. The Labute approximate surface area is 219 Å². The molecular formula is C26H30ClF3N6O. The molecule has 4 bridgehead atoms. The number of alkyl halides is 4. The zero-order chi connectivity index (χ0) is 26.0. The zero-order valence-electron chi connectivity index (χ0n) is 20.3. The summed E-state index contributed by atoms with van der Waals surface area (Å²) in [4.78, 5) is 8.67. The van der Waals surface area contributed by atoms with E-state index < -0.39 is 6.36 Å². The van der Waals surface area contributed by atoms with Crippen LogP contribution >= 0.6 is 11.6 Å². The van der Waals surface area contributed by atoms with Crippen molar-refractivity contribution < 1.29 is 17.9 Å². The first-order valence-electron chi connectivity index (χ1n) is 12.7. The summed E-state index contributed by atoms with van der Waals surface area (Å²) >= 11 is 5.92. The number of para-hydroxylation sites is 1. The monoisotopic (exact) mass is 534 g/mol. The summed E-state index contributed by atoms with van der Waals surface area (Å²) < 4.78 is 42.3. The molecule has 3 N–H and O–H groups in total. The summed E-state index contributed by atoms with van der Waals surface area (Å²) in [5.74, 6) is 3.03. The molecule has 4 aliphatic carbocycles. The van der Waals surface area contributed by atoms with Crippen LogP contribution in [0.1, 0.15) is 43.2 Å². The van der Waals surface area contributed by atoms with Crippen LogP contribution in [0, 0.1) is 34.5 Å². The Morgan fingerprint density at radius 1 is 1.14 bits per heavy atom.